The van der Waals surface area contributed by atoms with Gasteiger partial charge in [-0.05, 0) is 47.9 Å². The standard InChI is InChI=1S/C31H36N6O3/c1-31(2,18-32-3)19-35-13-11-22(12-14-35)36-17-20(16-33-36)15-21-7-8-25-28-23(21)5-4-6-24(28)30(40)37(25)26-9-10-27(38)34-29(26)39/h4-8,16-18,22,26H,9-15,19H2,1-3H3,(H,34,38,39). The maximum absolute atomic E-state index is 13.4. The lowest BCUT2D eigenvalue weighted by molar-refractivity contribution is -0.134. The Morgan fingerprint density at radius 3 is 2.65 bits per heavy atom. The number of benzene rings is 2. The molecule has 1 atom stereocenters. The van der Waals surface area contributed by atoms with Crippen molar-refractivity contribution >= 4 is 40.4 Å². The molecule has 0 aliphatic carbocycles. The molecule has 3 amide bonds. The van der Waals surface area contributed by atoms with E-state index in [0.29, 0.717) is 24.4 Å². The molecule has 2 fully saturated rings. The number of hydrogen-bond donors (Lipinski definition) is 1. The summed E-state index contributed by atoms with van der Waals surface area (Å²) in [7, 11) is 1.84. The first-order valence-corrected chi connectivity index (χ1v) is 14.1. The van der Waals surface area contributed by atoms with Gasteiger partial charge in [-0.15, -0.1) is 0 Å². The van der Waals surface area contributed by atoms with Gasteiger partial charge in [0, 0.05) is 68.3 Å². The van der Waals surface area contributed by atoms with Gasteiger partial charge in [0.2, 0.25) is 11.8 Å². The molecule has 9 nitrogen and oxygen atoms in total. The molecule has 2 aromatic carbocycles. The Bertz CT molecular complexity index is 1510. The minimum atomic E-state index is -0.679. The number of aromatic nitrogens is 2. The number of piperidine rings is 2. The van der Waals surface area contributed by atoms with Gasteiger partial charge >= 0.3 is 0 Å². The molecule has 3 aliphatic rings. The summed E-state index contributed by atoms with van der Waals surface area (Å²) in [6, 6.07) is 9.48. The first kappa shape index (κ1) is 26.4. The van der Waals surface area contributed by atoms with E-state index in [0.717, 1.165) is 60.1 Å². The van der Waals surface area contributed by atoms with Gasteiger partial charge < -0.3 is 9.89 Å². The zero-order valence-electron chi connectivity index (χ0n) is 23.4. The van der Waals surface area contributed by atoms with Crippen molar-refractivity contribution < 1.29 is 14.4 Å². The fraction of sp³-hybridized carbons (Fsp3) is 0.452. The van der Waals surface area contributed by atoms with Crippen molar-refractivity contribution in [1.29, 1.82) is 0 Å². The number of carbonyl (C=O) groups is 3. The lowest BCUT2D eigenvalue weighted by atomic mass is 9.93. The van der Waals surface area contributed by atoms with Crippen LogP contribution in [0.1, 0.15) is 67.1 Å². The van der Waals surface area contributed by atoms with Crippen LogP contribution in [-0.4, -0.2) is 71.3 Å². The highest BCUT2D eigenvalue weighted by molar-refractivity contribution is 6.27. The maximum Gasteiger partial charge on any atom is 0.259 e. The van der Waals surface area contributed by atoms with Crippen LogP contribution in [0.15, 0.2) is 47.7 Å². The van der Waals surface area contributed by atoms with Gasteiger partial charge in [-0.25, -0.2) is 0 Å². The summed E-state index contributed by atoms with van der Waals surface area (Å²) in [5, 5.41) is 9.01. The highest BCUT2D eigenvalue weighted by Crippen LogP contribution is 2.41. The molecule has 9 heteroatoms. The first-order chi connectivity index (χ1) is 19.2. The maximum atomic E-state index is 13.4. The topological polar surface area (TPSA) is 99.9 Å². The second kappa shape index (κ2) is 10.3. The van der Waals surface area contributed by atoms with Crippen LogP contribution in [0.2, 0.25) is 0 Å². The van der Waals surface area contributed by atoms with Gasteiger partial charge in [-0.1, -0.05) is 32.0 Å². The molecule has 208 valence electrons. The number of aliphatic imine (C=N–C) groups is 1. The number of nitrogens with one attached hydrogen (secondary N) is 1. The van der Waals surface area contributed by atoms with Crippen LogP contribution in [0.3, 0.4) is 0 Å². The molecule has 3 aliphatic heterocycles. The van der Waals surface area contributed by atoms with Gasteiger partial charge in [0.05, 0.1) is 17.9 Å². The van der Waals surface area contributed by atoms with E-state index < -0.39 is 11.9 Å². The number of amides is 3. The zero-order valence-corrected chi connectivity index (χ0v) is 23.4. The smallest absolute Gasteiger partial charge is 0.259 e. The van der Waals surface area contributed by atoms with Crippen LogP contribution >= 0.6 is 0 Å². The normalized spacial score (nSPS) is 20.7. The first-order valence-electron chi connectivity index (χ1n) is 14.1. The van der Waals surface area contributed by atoms with Crippen molar-refractivity contribution in [2.45, 2.75) is 58.0 Å². The Hall–Kier alpha value is -3.85. The van der Waals surface area contributed by atoms with E-state index in [1.165, 1.54) is 0 Å². The Morgan fingerprint density at radius 1 is 1.10 bits per heavy atom. The molecular formula is C31H36N6O3. The van der Waals surface area contributed by atoms with E-state index in [1.807, 2.05) is 43.7 Å². The SMILES string of the molecule is CN=CC(C)(C)CN1CCC(n2cc(Cc3ccc4c5c(cccc35)C(=O)N4C3CCC(=O)NC3=O)cn2)CC1. The fourth-order valence-electron chi connectivity index (χ4n) is 6.66. The van der Waals surface area contributed by atoms with Crippen molar-refractivity contribution in [3.05, 3.63) is 59.4 Å². The molecule has 0 spiro atoms. The van der Waals surface area contributed by atoms with Crippen molar-refractivity contribution in [3.63, 3.8) is 0 Å². The molecule has 3 aromatic rings. The number of nitrogens with zero attached hydrogens (tertiary/aromatic N) is 5. The Balaban J connectivity index is 1.18. The number of hydrogen-bond acceptors (Lipinski definition) is 6. The summed E-state index contributed by atoms with van der Waals surface area (Å²) in [5.74, 6) is -0.883. The monoisotopic (exact) mass is 540 g/mol. The third-order valence-electron chi connectivity index (χ3n) is 8.43. The Kier molecular flexibility index (Phi) is 6.78. The second-order valence-corrected chi connectivity index (χ2v) is 12.0. The molecule has 1 N–H and O–H groups in total. The summed E-state index contributed by atoms with van der Waals surface area (Å²) >= 11 is 0. The van der Waals surface area contributed by atoms with Gasteiger partial charge in [-0.3, -0.25) is 29.3 Å². The minimum absolute atomic E-state index is 0.0730. The Morgan fingerprint density at radius 2 is 1.90 bits per heavy atom. The predicted molar refractivity (Wildman–Crippen MR) is 155 cm³/mol. The van der Waals surface area contributed by atoms with E-state index >= 15 is 0 Å². The van der Waals surface area contributed by atoms with Crippen LogP contribution in [-0.2, 0) is 16.0 Å². The van der Waals surface area contributed by atoms with E-state index in [-0.39, 0.29) is 23.7 Å². The molecule has 6 rings (SSSR count). The summed E-state index contributed by atoms with van der Waals surface area (Å²) in [5.41, 5.74) is 3.67. The number of anilines is 1. The quantitative estimate of drug-likeness (QED) is 0.363. The van der Waals surface area contributed by atoms with Crippen LogP contribution < -0.4 is 10.2 Å². The van der Waals surface area contributed by atoms with Crippen LogP contribution in [0.25, 0.3) is 10.8 Å². The summed E-state index contributed by atoms with van der Waals surface area (Å²) < 4.78 is 2.12. The summed E-state index contributed by atoms with van der Waals surface area (Å²) in [6.45, 7) is 7.57. The third kappa shape index (κ3) is 4.83. The number of carbonyl (C=O) groups excluding carboxylic acids is 3. The molecule has 0 saturated carbocycles. The Labute approximate surface area is 234 Å². The number of rotatable bonds is 7. The summed E-state index contributed by atoms with van der Waals surface area (Å²) in [6.07, 6.45) is 9.56. The van der Waals surface area contributed by atoms with Crippen molar-refractivity contribution in [2.24, 2.45) is 10.4 Å². The van der Waals surface area contributed by atoms with E-state index in [9.17, 15) is 14.4 Å². The van der Waals surface area contributed by atoms with Crippen molar-refractivity contribution in [1.82, 2.24) is 20.0 Å². The van der Waals surface area contributed by atoms with Gasteiger partial charge in [0.25, 0.3) is 5.91 Å². The second-order valence-electron chi connectivity index (χ2n) is 12.0. The van der Waals surface area contributed by atoms with E-state index in [2.05, 4.69) is 46.0 Å². The minimum Gasteiger partial charge on any atom is -0.302 e. The highest BCUT2D eigenvalue weighted by atomic mass is 16.2. The molecule has 0 radical (unpaired) electrons. The van der Waals surface area contributed by atoms with E-state index in [1.54, 1.807) is 4.90 Å². The van der Waals surface area contributed by atoms with Crippen LogP contribution in [0.4, 0.5) is 5.69 Å². The lowest BCUT2D eigenvalue weighted by Crippen LogP contribution is -2.53. The molecule has 40 heavy (non-hydrogen) atoms. The molecular weight excluding hydrogens is 504 g/mol. The molecule has 1 unspecified atom stereocenters. The van der Waals surface area contributed by atoms with Gasteiger partial charge in [0.15, 0.2) is 0 Å². The molecule has 1 aromatic heterocycles. The predicted octanol–water partition coefficient (Wildman–Crippen LogP) is 3.76. The number of imide groups is 1. The van der Waals surface area contributed by atoms with Gasteiger partial charge in [-0.2, -0.15) is 5.10 Å². The molecule has 2 saturated heterocycles. The average Bonchev–Trinajstić information content (AvgIpc) is 3.50. The third-order valence-corrected chi connectivity index (χ3v) is 8.43. The number of likely N-dealkylation sites (tertiary alicyclic amines) is 1. The zero-order chi connectivity index (χ0) is 28.0. The fourth-order valence-corrected chi connectivity index (χ4v) is 6.66. The van der Waals surface area contributed by atoms with Gasteiger partial charge in [0.1, 0.15) is 6.04 Å². The molecule has 0 bridgehead atoms. The van der Waals surface area contributed by atoms with Crippen molar-refractivity contribution in [2.75, 3.05) is 31.6 Å². The van der Waals surface area contributed by atoms with Crippen molar-refractivity contribution in [3.8, 4) is 0 Å². The van der Waals surface area contributed by atoms with E-state index in [4.69, 9.17) is 5.10 Å². The summed E-state index contributed by atoms with van der Waals surface area (Å²) in [4.78, 5) is 46.0. The van der Waals surface area contributed by atoms with Crippen LogP contribution in [0, 0.1) is 5.41 Å². The molecule has 4 heterocycles. The lowest BCUT2D eigenvalue weighted by Gasteiger charge is -2.36. The largest absolute Gasteiger partial charge is 0.302 e. The highest BCUT2D eigenvalue weighted by Gasteiger charge is 2.40. The van der Waals surface area contributed by atoms with Crippen LogP contribution in [0.5, 0.6) is 0 Å². The average molecular weight is 541 g/mol.